The number of aliphatic hydroxyl groups is 1. The molecule has 0 aliphatic carbocycles. The maximum atomic E-state index is 12.2. The highest BCUT2D eigenvalue weighted by Gasteiger charge is 2.46. The number of thiophene rings is 1. The molecule has 1 N–H and O–H groups in total. The first kappa shape index (κ1) is 18.0. The number of aliphatic hydroxyl groups excluding tert-OH is 1. The predicted octanol–water partition coefficient (Wildman–Crippen LogP) is 4.00. The molecule has 134 valence electrons. The van der Waals surface area contributed by atoms with Crippen LogP contribution in [0.1, 0.15) is 55.7 Å². The van der Waals surface area contributed by atoms with Gasteiger partial charge in [-0.25, -0.2) is 4.79 Å². The van der Waals surface area contributed by atoms with Gasteiger partial charge in [0.2, 0.25) is 0 Å². The van der Waals surface area contributed by atoms with Gasteiger partial charge in [-0.05, 0) is 46.1 Å². The lowest BCUT2D eigenvalue weighted by Gasteiger charge is -2.44. The lowest BCUT2D eigenvalue weighted by molar-refractivity contribution is -0.127. The third-order valence-corrected chi connectivity index (χ3v) is 6.42. The topological polar surface area (TPSA) is 59.0 Å². The van der Waals surface area contributed by atoms with Crippen molar-refractivity contribution in [1.82, 2.24) is 4.90 Å². The normalized spacial score (nSPS) is 23.2. The predicted molar refractivity (Wildman–Crippen MR) is 93.7 cm³/mol. The van der Waals surface area contributed by atoms with E-state index < -0.39 is 17.3 Å². The smallest absolute Gasteiger partial charge is 0.410 e. The van der Waals surface area contributed by atoms with Gasteiger partial charge in [-0.2, -0.15) is 0 Å². The van der Waals surface area contributed by atoms with E-state index >= 15 is 0 Å². The summed E-state index contributed by atoms with van der Waals surface area (Å²) in [6.45, 7) is 8.95. The van der Waals surface area contributed by atoms with Crippen LogP contribution in [0.15, 0.2) is 0 Å². The van der Waals surface area contributed by atoms with Crippen molar-refractivity contribution in [2.45, 2.75) is 57.8 Å². The van der Waals surface area contributed by atoms with Gasteiger partial charge in [0.25, 0.3) is 0 Å². The van der Waals surface area contributed by atoms with Crippen molar-refractivity contribution >= 4 is 29.0 Å². The second-order valence-corrected chi connectivity index (χ2v) is 9.15. The van der Waals surface area contributed by atoms with Gasteiger partial charge in [-0.3, -0.25) is 0 Å². The van der Waals surface area contributed by atoms with Gasteiger partial charge in [0, 0.05) is 23.5 Å². The first-order valence-corrected chi connectivity index (χ1v) is 9.42. The number of hydrogen-bond acceptors (Lipinski definition) is 5. The summed E-state index contributed by atoms with van der Waals surface area (Å²) in [5.74, 6) is 0. The van der Waals surface area contributed by atoms with Crippen LogP contribution in [0.25, 0.3) is 0 Å². The maximum Gasteiger partial charge on any atom is 0.410 e. The zero-order valence-electron chi connectivity index (χ0n) is 14.5. The number of hydrogen-bond donors (Lipinski definition) is 1. The Morgan fingerprint density at radius 3 is 2.62 bits per heavy atom. The molecule has 0 radical (unpaired) electrons. The number of fused-ring (bicyclic) bond motifs is 2. The van der Waals surface area contributed by atoms with Gasteiger partial charge in [-0.15, -0.1) is 11.3 Å². The summed E-state index contributed by atoms with van der Waals surface area (Å²) in [5.41, 5.74) is 0.919. The fourth-order valence-corrected chi connectivity index (χ4v) is 5.00. The zero-order valence-corrected chi connectivity index (χ0v) is 16.1. The van der Waals surface area contributed by atoms with Crippen LogP contribution in [-0.4, -0.2) is 41.4 Å². The summed E-state index contributed by atoms with van der Waals surface area (Å²) in [6.07, 6.45) is 0.455. The molecule has 0 aromatic carbocycles. The summed E-state index contributed by atoms with van der Waals surface area (Å²) in [4.78, 5) is 15.0. The van der Waals surface area contributed by atoms with Crippen LogP contribution in [-0.2, 0) is 15.1 Å². The molecule has 1 aromatic heterocycles. The summed E-state index contributed by atoms with van der Waals surface area (Å²) < 4.78 is 12.2. The summed E-state index contributed by atoms with van der Waals surface area (Å²) >= 11 is 7.80. The molecule has 1 aromatic rings. The van der Waals surface area contributed by atoms with E-state index in [1.807, 2.05) is 27.7 Å². The Hall–Kier alpha value is -0.820. The van der Waals surface area contributed by atoms with E-state index in [0.29, 0.717) is 30.3 Å². The molecular weight excluding hydrogens is 350 g/mol. The second kappa shape index (κ2) is 6.16. The first-order chi connectivity index (χ1) is 11.1. The van der Waals surface area contributed by atoms with E-state index in [2.05, 4.69) is 0 Å². The molecule has 2 aliphatic heterocycles. The maximum absolute atomic E-state index is 12.2. The molecule has 24 heavy (non-hydrogen) atoms. The zero-order chi connectivity index (χ0) is 17.7. The van der Waals surface area contributed by atoms with Gasteiger partial charge in [0.05, 0.1) is 10.9 Å². The molecule has 1 saturated heterocycles. The number of carbonyl (C=O) groups excluding carboxylic acids is 1. The molecular formula is C17H24ClNO4S. The number of carbonyl (C=O) groups is 1. The monoisotopic (exact) mass is 373 g/mol. The van der Waals surface area contributed by atoms with Crippen molar-refractivity contribution in [2.75, 3.05) is 19.7 Å². The van der Waals surface area contributed by atoms with Crippen LogP contribution in [0.4, 0.5) is 4.79 Å². The third kappa shape index (κ3) is 3.17. The molecule has 1 fully saturated rings. The van der Waals surface area contributed by atoms with Crippen LogP contribution in [0.2, 0.25) is 4.34 Å². The minimum Gasteiger partial charge on any atom is -0.444 e. The van der Waals surface area contributed by atoms with Crippen molar-refractivity contribution in [2.24, 2.45) is 0 Å². The van der Waals surface area contributed by atoms with E-state index in [0.717, 1.165) is 16.0 Å². The minimum atomic E-state index is -0.627. The Morgan fingerprint density at radius 1 is 1.42 bits per heavy atom. The highest BCUT2D eigenvalue weighted by molar-refractivity contribution is 7.16. The molecule has 7 heteroatoms. The number of amides is 1. The molecule has 1 amide bonds. The molecule has 1 unspecified atom stereocenters. The van der Waals surface area contributed by atoms with Crippen molar-refractivity contribution in [3.05, 3.63) is 20.3 Å². The fraction of sp³-hybridized carbons (Fsp3) is 0.706. The molecule has 5 nitrogen and oxygen atoms in total. The van der Waals surface area contributed by atoms with Crippen LogP contribution >= 0.6 is 22.9 Å². The SMILES string of the molecule is Cc1c(Cl)sc2c1C(O)COC21CCN(C(=O)OC(C)(C)C)CC1. The summed E-state index contributed by atoms with van der Waals surface area (Å²) in [6, 6.07) is 0. The second-order valence-electron chi connectivity index (χ2n) is 7.53. The van der Waals surface area contributed by atoms with E-state index in [9.17, 15) is 9.90 Å². The third-order valence-electron chi connectivity index (χ3n) is 4.62. The molecule has 1 atom stereocenters. The van der Waals surface area contributed by atoms with Crippen molar-refractivity contribution in [3.8, 4) is 0 Å². The molecule has 2 aliphatic rings. The number of likely N-dealkylation sites (tertiary alicyclic amines) is 1. The number of halogens is 1. The van der Waals surface area contributed by atoms with Gasteiger partial charge >= 0.3 is 6.09 Å². The highest BCUT2D eigenvalue weighted by Crippen LogP contribution is 2.50. The highest BCUT2D eigenvalue weighted by atomic mass is 35.5. The Morgan fingerprint density at radius 2 is 2.04 bits per heavy atom. The molecule has 0 bridgehead atoms. The number of ether oxygens (including phenoxy) is 2. The van der Waals surface area contributed by atoms with Crippen molar-refractivity contribution in [3.63, 3.8) is 0 Å². The molecule has 3 rings (SSSR count). The van der Waals surface area contributed by atoms with E-state index in [-0.39, 0.29) is 12.7 Å². The average molecular weight is 374 g/mol. The van der Waals surface area contributed by atoms with E-state index in [1.165, 1.54) is 11.3 Å². The number of piperidine rings is 1. The van der Waals surface area contributed by atoms with Crippen LogP contribution in [0.5, 0.6) is 0 Å². The number of rotatable bonds is 0. The van der Waals surface area contributed by atoms with E-state index in [4.69, 9.17) is 21.1 Å². The first-order valence-electron chi connectivity index (χ1n) is 8.22. The van der Waals surface area contributed by atoms with Gasteiger partial charge in [0.15, 0.2) is 0 Å². The van der Waals surface area contributed by atoms with Gasteiger partial charge in [0.1, 0.15) is 17.3 Å². The van der Waals surface area contributed by atoms with Crippen LogP contribution in [0, 0.1) is 6.92 Å². The fourth-order valence-electron chi connectivity index (χ4n) is 3.37. The molecule has 3 heterocycles. The molecule has 1 spiro atoms. The molecule has 0 saturated carbocycles. The average Bonchev–Trinajstić information content (AvgIpc) is 2.80. The quantitative estimate of drug-likeness (QED) is 0.746. The summed E-state index contributed by atoms with van der Waals surface area (Å²) in [7, 11) is 0. The van der Waals surface area contributed by atoms with E-state index in [1.54, 1.807) is 4.90 Å². The lowest BCUT2D eigenvalue weighted by Crippen LogP contribution is -2.49. The van der Waals surface area contributed by atoms with Gasteiger partial charge in [-0.1, -0.05) is 11.6 Å². The van der Waals surface area contributed by atoms with Crippen molar-refractivity contribution < 1.29 is 19.4 Å². The Bertz CT molecular complexity index is 644. The van der Waals surface area contributed by atoms with Crippen molar-refractivity contribution in [1.29, 1.82) is 0 Å². The Labute approximate surface area is 151 Å². The van der Waals surface area contributed by atoms with Gasteiger partial charge < -0.3 is 19.5 Å². The standard InChI is InChI=1S/C17H24ClNO4S/c1-10-12-11(20)9-22-17(13(12)24-14(10)18)5-7-19(8-6-17)15(21)23-16(2,3)4/h11,20H,5-9H2,1-4H3. The number of nitrogens with zero attached hydrogens (tertiary/aromatic N) is 1. The Kier molecular flexibility index (Phi) is 4.62. The summed E-state index contributed by atoms with van der Waals surface area (Å²) in [5, 5.41) is 10.3. The largest absolute Gasteiger partial charge is 0.444 e. The lowest BCUT2D eigenvalue weighted by atomic mass is 9.84. The Balaban J connectivity index is 1.78. The minimum absolute atomic E-state index is 0.271. The van der Waals surface area contributed by atoms with Crippen LogP contribution < -0.4 is 0 Å². The van der Waals surface area contributed by atoms with Crippen LogP contribution in [0.3, 0.4) is 0 Å².